The normalized spacial score (nSPS) is 10.8. The molecular weight excluding hydrogens is 416 g/mol. The lowest BCUT2D eigenvalue weighted by molar-refractivity contribution is -0.116. The molecule has 0 saturated heterocycles. The minimum absolute atomic E-state index is 0.0521. The van der Waals surface area contributed by atoms with E-state index in [2.05, 4.69) is 31.3 Å². The number of pyridine rings is 2. The van der Waals surface area contributed by atoms with Crippen molar-refractivity contribution in [2.75, 3.05) is 11.1 Å². The minimum Gasteiger partial charge on any atom is -0.383 e. The average molecular weight is 438 g/mol. The number of nitriles is 1. The Morgan fingerprint density at radius 2 is 2.03 bits per heavy atom. The predicted molar refractivity (Wildman–Crippen MR) is 127 cm³/mol. The van der Waals surface area contributed by atoms with Gasteiger partial charge in [0.1, 0.15) is 23.1 Å². The van der Waals surface area contributed by atoms with Crippen LogP contribution in [0.15, 0.2) is 48.9 Å². The average Bonchev–Trinajstić information content (AvgIpc) is 3.23. The fourth-order valence-corrected chi connectivity index (χ4v) is 3.45. The van der Waals surface area contributed by atoms with Gasteiger partial charge in [-0.2, -0.15) is 5.26 Å². The van der Waals surface area contributed by atoms with E-state index in [-0.39, 0.29) is 29.2 Å². The number of para-hydroxylation sites is 1. The Morgan fingerprint density at radius 1 is 1.24 bits per heavy atom. The van der Waals surface area contributed by atoms with Gasteiger partial charge in [-0.15, -0.1) is 0 Å². The van der Waals surface area contributed by atoms with Crippen molar-refractivity contribution in [3.8, 4) is 17.2 Å². The molecule has 164 valence electrons. The lowest BCUT2D eigenvalue weighted by Crippen LogP contribution is -2.14. The molecule has 1 amide bonds. The van der Waals surface area contributed by atoms with Crippen LogP contribution in [0.1, 0.15) is 37.2 Å². The molecule has 3 heterocycles. The van der Waals surface area contributed by atoms with E-state index in [1.54, 1.807) is 48.9 Å². The molecule has 4 rings (SSSR count). The fourth-order valence-electron chi connectivity index (χ4n) is 3.45. The number of rotatable bonds is 6. The summed E-state index contributed by atoms with van der Waals surface area (Å²) in [6.45, 7) is 3.96. The maximum absolute atomic E-state index is 12.1. The number of hydrogen-bond acceptors (Lipinski definition) is 7. The standard InChI is InChI=1S/C24H22N8O/c1-13(2)6-20(33)30-17-7-15(10-28-12-17)16-8-18(23(27)29-11-16)21(26)24-31-19-5-3-4-14(9-25)22(19)32-24/h3-5,7-8,10-13,26H,6H2,1-2H3,(H2,27,29)(H,30,33)(H,31,32). The quantitative estimate of drug-likeness (QED) is 0.335. The van der Waals surface area contributed by atoms with Gasteiger partial charge in [0.15, 0.2) is 5.82 Å². The van der Waals surface area contributed by atoms with E-state index in [9.17, 15) is 10.1 Å². The van der Waals surface area contributed by atoms with Crippen molar-refractivity contribution in [2.45, 2.75) is 20.3 Å². The number of benzene rings is 1. The zero-order valence-electron chi connectivity index (χ0n) is 18.2. The number of H-pyrrole nitrogens is 1. The van der Waals surface area contributed by atoms with E-state index in [1.165, 1.54) is 0 Å². The number of nitrogens with zero attached hydrogens (tertiary/aromatic N) is 4. The number of carbonyl (C=O) groups excluding carboxylic acids is 1. The van der Waals surface area contributed by atoms with Crippen LogP contribution in [0.3, 0.4) is 0 Å². The SMILES string of the molecule is CC(C)CC(=O)Nc1cncc(-c2cnc(N)c(C(=N)c3nc4c(C#N)cccc4[nH]3)c2)c1. The Hall–Kier alpha value is -4.58. The van der Waals surface area contributed by atoms with Gasteiger partial charge in [-0.3, -0.25) is 15.2 Å². The van der Waals surface area contributed by atoms with Crippen molar-refractivity contribution < 1.29 is 4.79 Å². The number of carbonyl (C=O) groups is 1. The molecule has 33 heavy (non-hydrogen) atoms. The summed E-state index contributed by atoms with van der Waals surface area (Å²) in [5, 5.41) is 20.8. The number of nitrogens with two attached hydrogens (primary N) is 1. The first kappa shape index (κ1) is 21.6. The number of imidazole rings is 1. The Kier molecular flexibility index (Phi) is 5.83. The minimum atomic E-state index is -0.0801. The van der Waals surface area contributed by atoms with Crippen LogP contribution in [0.25, 0.3) is 22.2 Å². The van der Waals surface area contributed by atoms with E-state index < -0.39 is 0 Å². The van der Waals surface area contributed by atoms with Gasteiger partial charge in [0.05, 0.1) is 23.0 Å². The molecule has 0 aliphatic rings. The Balaban J connectivity index is 1.66. The molecule has 9 nitrogen and oxygen atoms in total. The molecule has 1 aromatic carbocycles. The number of hydrogen-bond donors (Lipinski definition) is 4. The Morgan fingerprint density at radius 3 is 2.79 bits per heavy atom. The molecule has 4 aromatic rings. The molecule has 0 saturated carbocycles. The van der Waals surface area contributed by atoms with Crippen molar-refractivity contribution in [1.29, 1.82) is 10.7 Å². The molecule has 5 N–H and O–H groups in total. The summed E-state index contributed by atoms with van der Waals surface area (Å²) in [7, 11) is 0. The van der Waals surface area contributed by atoms with E-state index in [0.29, 0.717) is 39.8 Å². The van der Waals surface area contributed by atoms with Gasteiger partial charge in [0, 0.05) is 35.5 Å². The first-order chi connectivity index (χ1) is 15.9. The second-order valence-electron chi connectivity index (χ2n) is 8.04. The zero-order chi connectivity index (χ0) is 23.5. The predicted octanol–water partition coefficient (Wildman–Crippen LogP) is 3.87. The molecule has 0 aliphatic heterocycles. The highest BCUT2D eigenvalue weighted by Crippen LogP contribution is 2.26. The topological polar surface area (TPSA) is 157 Å². The number of fused-ring (bicyclic) bond motifs is 1. The van der Waals surface area contributed by atoms with Gasteiger partial charge in [0.25, 0.3) is 0 Å². The van der Waals surface area contributed by atoms with Crippen LogP contribution in [0.4, 0.5) is 11.5 Å². The lowest BCUT2D eigenvalue weighted by atomic mass is 10.0. The lowest BCUT2D eigenvalue weighted by Gasteiger charge is -2.10. The number of aromatic amines is 1. The van der Waals surface area contributed by atoms with E-state index >= 15 is 0 Å². The highest BCUT2D eigenvalue weighted by atomic mass is 16.1. The van der Waals surface area contributed by atoms with E-state index in [1.807, 2.05) is 13.8 Å². The molecule has 0 fully saturated rings. The second-order valence-corrected chi connectivity index (χ2v) is 8.04. The van der Waals surface area contributed by atoms with Gasteiger partial charge in [-0.1, -0.05) is 19.9 Å². The summed E-state index contributed by atoms with van der Waals surface area (Å²) in [6.07, 6.45) is 5.24. The van der Waals surface area contributed by atoms with Gasteiger partial charge in [-0.05, 0) is 30.2 Å². The smallest absolute Gasteiger partial charge is 0.224 e. The highest BCUT2D eigenvalue weighted by molar-refractivity contribution is 6.13. The van der Waals surface area contributed by atoms with Gasteiger partial charge >= 0.3 is 0 Å². The largest absolute Gasteiger partial charge is 0.383 e. The van der Waals surface area contributed by atoms with Crippen LogP contribution < -0.4 is 11.1 Å². The molecule has 9 heteroatoms. The third-order valence-corrected chi connectivity index (χ3v) is 5.01. The van der Waals surface area contributed by atoms with Crippen LogP contribution in [0, 0.1) is 22.7 Å². The summed E-state index contributed by atoms with van der Waals surface area (Å²) in [4.78, 5) is 28.1. The van der Waals surface area contributed by atoms with E-state index in [0.717, 1.165) is 5.56 Å². The van der Waals surface area contributed by atoms with Gasteiger partial charge in [-0.25, -0.2) is 9.97 Å². The first-order valence-corrected chi connectivity index (χ1v) is 10.3. The summed E-state index contributed by atoms with van der Waals surface area (Å²) >= 11 is 0. The third kappa shape index (κ3) is 4.55. The summed E-state index contributed by atoms with van der Waals surface area (Å²) in [6, 6.07) is 10.9. The number of aromatic nitrogens is 4. The molecule has 0 bridgehead atoms. The van der Waals surface area contributed by atoms with Crippen LogP contribution in [0.5, 0.6) is 0 Å². The number of amides is 1. The van der Waals surface area contributed by atoms with Crippen molar-refractivity contribution in [2.24, 2.45) is 5.92 Å². The van der Waals surface area contributed by atoms with Crippen molar-refractivity contribution in [3.63, 3.8) is 0 Å². The monoisotopic (exact) mass is 438 g/mol. The molecule has 0 unspecified atom stereocenters. The summed E-state index contributed by atoms with van der Waals surface area (Å²) in [5.74, 6) is 0.632. The molecule has 3 aromatic heterocycles. The molecule has 0 radical (unpaired) electrons. The van der Waals surface area contributed by atoms with Crippen molar-refractivity contribution in [3.05, 3.63) is 65.9 Å². The number of nitrogen functional groups attached to an aromatic ring is 1. The summed E-state index contributed by atoms with van der Waals surface area (Å²) < 4.78 is 0. The molecule has 0 atom stereocenters. The summed E-state index contributed by atoms with van der Waals surface area (Å²) in [5.41, 5.74) is 10.1. The number of anilines is 2. The van der Waals surface area contributed by atoms with Crippen LogP contribution in [0.2, 0.25) is 0 Å². The third-order valence-electron chi connectivity index (χ3n) is 5.01. The first-order valence-electron chi connectivity index (χ1n) is 10.3. The number of nitrogens with one attached hydrogen (secondary N) is 3. The maximum atomic E-state index is 12.1. The Bertz CT molecular complexity index is 1410. The maximum Gasteiger partial charge on any atom is 0.224 e. The van der Waals surface area contributed by atoms with Gasteiger partial charge in [0.2, 0.25) is 5.91 Å². The van der Waals surface area contributed by atoms with Crippen molar-refractivity contribution >= 4 is 34.2 Å². The van der Waals surface area contributed by atoms with Crippen LogP contribution in [-0.2, 0) is 4.79 Å². The molecular formula is C24H22N8O. The van der Waals surface area contributed by atoms with E-state index in [4.69, 9.17) is 11.1 Å². The van der Waals surface area contributed by atoms with Crippen LogP contribution in [-0.4, -0.2) is 31.6 Å². The second kappa shape index (κ2) is 8.88. The highest BCUT2D eigenvalue weighted by Gasteiger charge is 2.17. The Labute approximate surface area is 190 Å². The molecule has 0 aliphatic carbocycles. The molecule has 0 spiro atoms. The zero-order valence-corrected chi connectivity index (χ0v) is 18.2. The van der Waals surface area contributed by atoms with Crippen molar-refractivity contribution in [1.82, 2.24) is 19.9 Å². The van der Waals surface area contributed by atoms with Crippen LogP contribution >= 0.6 is 0 Å². The van der Waals surface area contributed by atoms with Gasteiger partial charge < -0.3 is 16.0 Å². The fraction of sp³-hybridized carbons (Fsp3) is 0.167.